The summed E-state index contributed by atoms with van der Waals surface area (Å²) in [6, 6.07) is 0.527. The molecule has 12 heavy (non-hydrogen) atoms. The van der Waals surface area contributed by atoms with E-state index in [-0.39, 0.29) is 5.92 Å². The Balaban J connectivity index is 3.26. The lowest BCUT2D eigenvalue weighted by atomic mass is 10.0. The maximum Gasteiger partial charge on any atom is 0.135 e. The van der Waals surface area contributed by atoms with E-state index in [4.69, 9.17) is 0 Å². The SMILES string of the molecule is CC(C)NCCCC(=O)C(C)C. The average Bonchev–Trinajstić information content (AvgIpc) is 1.97. The van der Waals surface area contributed by atoms with E-state index >= 15 is 0 Å². The molecule has 0 radical (unpaired) electrons. The van der Waals surface area contributed by atoms with E-state index in [2.05, 4.69) is 19.2 Å². The van der Waals surface area contributed by atoms with Gasteiger partial charge in [-0.1, -0.05) is 27.7 Å². The molecule has 0 aliphatic carbocycles. The summed E-state index contributed by atoms with van der Waals surface area (Å²) < 4.78 is 0. The fourth-order valence-electron chi connectivity index (χ4n) is 0.942. The van der Waals surface area contributed by atoms with Gasteiger partial charge in [0.15, 0.2) is 0 Å². The molecule has 2 heteroatoms. The number of hydrogen-bond acceptors (Lipinski definition) is 2. The van der Waals surface area contributed by atoms with Crippen molar-refractivity contribution in [3.8, 4) is 0 Å². The fraction of sp³-hybridized carbons (Fsp3) is 0.900. The van der Waals surface area contributed by atoms with Crippen LogP contribution in [0.5, 0.6) is 0 Å². The summed E-state index contributed by atoms with van der Waals surface area (Å²) in [7, 11) is 0. The van der Waals surface area contributed by atoms with Crippen molar-refractivity contribution in [3.63, 3.8) is 0 Å². The third-order valence-corrected chi connectivity index (χ3v) is 1.80. The summed E-state index contributed by atoms with van der Waals surface area (Å²) in [6.07, 6.45) is 1.69. The van der Waals surface area contributed by atoms with Gasteiger partial charge < -0.3 is 5.32 Å². The van der Waals surface area contributed by atoms with Gasteiger partial charge in [-0.25, -0.2) is 0 Å². The first-order valence-corrected chi connectivity index (χ1v) is 4.80. The number of Topliss-reactive ketones (excluding diaryl/α,β-unsaturated/α-hetero) is 1. The van der Waals surface area contributed by atoms with E-state index in [0.717, 1.165) is 19.4 Å². The van der Waals surface area contributed by atoms with Gasteiger partial charge in [0.1, 0.15) is 5.78 Å². The Kier molecular flexibility index (Phi) is 5.99. The molecule has 0 aromatic carbocycles. The molecule has 0 rings (SSSR count). The number of nitrogens with one attached hydrogen (secondary N) is 1. The summed E-state index contributed by atoms with van der Waals surface area (Å²) in [5.41, 5.74) is 0. The van der Waals surface area contributed by atoms with Crippen molar-refractivity contribution in [1.29, 1.82) is 0 Å². The van der Waals surface area contributed by atoms with Crippen LogP contribution in [0.3, 0.4) is 0 Å². The van der Waals surface area contributed by atoms with Crippen LogP contribution in [-0.4, -0.2) is 18.4 Å². The summed E-state index contributed by atoms with van der Waals surface area (Å²) in [4.78, 5) is 11.2. The quantitative estimate of drug-likeness (QED) is 0.619. The molecule has 0 aromatic heterocycles. The molecule has 0 unspecified atom stereocenters. The smallest absolute Gasteiger partial charge is 0.135 e. The minimum atomic E-state index is 0.198. The molecule has 0 atom stereocenters. The minimum absolute atomic E-state index is 0.198. The molecular weight excluding hydrogens is 150 g/mol. The first-order chi connectivity index (χ1) is 5.54. The number of carbonyl (C=O) groups excluding carboxylic acids is 1. The molecule has 0 saturated heterocycles. The molecule has 1 N–H and O–H groups in total. The maximum absolute atomic E-state index is 11.2. The van der Waals surface area contributed by atoms with Crippen LogP contribution in [0.15, 0.2) is 0 Å². The van der Waals surface area contributed by atoms with Gasteiger partial charge in [-0.15, -0.1) is 0 Å². The van der Waals surface area contributed by atoms with Crippen LogP contribution >= 0.6 is 0 Å². The summed E-state index contributed by atoms with van der Waals surface area (Å²) in [5.74, 6) is 0.574. The van der Waals surface area contributed by atoms with Crippen LogP contribution in [0.1, 0.15) is 40.5 Å². The molecule has 0 fully saturated rings. The van der Waals surface area contributed by atoms with Crippen molar-refractivity contribution in [1.82, 2.24) is 5.32 Å². The molecule has 0 bridgehead atoms. The van der Waals surface area contributed by atoms with E-state index in [1.165, 1.54) is 0 Å². The second kappa shape index (κ2) is 6.18. The average molecular weight is 171 g/mol. The van der Waals surface area contributed by atoms with Crippen LogP contribution in [-0.2, 0) is 4.79 Å². The van der Waals surface area contributed by atoms with Crippen LogP contribution in [0.2, 0.25) is 0 Å². The van der Waals surface area contributed by atoms with Crippen molar-refractivity contribution in [3.05, 3.63) is 0 Å². The topological polar surface area (TPSA) is 29.1 Å². The lowest BCUT2D eigenvalue weighted by Crippen LogP contribution is -2.24. The Morgan fingerprint density at radius 1 is 1.25 bits per heavy atom. The molecular formula is C10H21NO. The molecule has 0 aliphatic rings. The summed E-state index contributed by atoms with van der Waals surface area (Å²) in [6.45, 7) is 9.10. The van der Waals surface area contributed by atoms with Crippen molar-refractivity contribution in [2.24, 2.45) is 5.92 Å². The molecule has 0 amide bonds. The summed E-state index contributed by atoms with van der Waals surface area (Å²) in [5, 5.41) is 3.29. The number of rotatable bonds is 6. The standard InChI is InChI=1S/C10H21NO/c1-8(2)10(12)6-5-7-11-9(3)4/h8-9,11H,5-7H2,1-4H3. The predicted octanol–water partition coefficient (Wildman–Crippen LogP) is 1.99. The molecule has 0 heterocycles. The normalized spacial score (nSPS) is 11.2. The van der Waals surface area contributed by atoms with E-state index in [0.29, 0.717) is 11.8 Å². The lowest BCUT2D eigenvalue weighted by molar-refractivity contribution is -0.121. The number of carbonyl (C=O) groups is 1. The Hall–Kier alpha value is -0.370. The Bertz CT molecular complexity index is 130. The lowest BCUT2D eigenvalue weighted by Gasteiger charge is -2.07. The third kappa shape index (κ3) is 6.35. The molecule has 0 spiro atoms. The summed E-state index contributed by atoms with van der Waals surface area (Å²) >= 11 is 0. The third-order valence-electron chi connectivity index (χ3n) is 1.80. The Morgan fingerprint density at radius 3 is 2.25 bits per heavy atom. The molecule has 0 aliphatic heterocycles. The van der Waals surface area contributed by atoms with Gasteiger partial charge in [-0.2, -0.15) is 0 Å². The Labute approximate surface area is 75.7 Å². The highest BCUT2D eigenvalue weighted by atomic mass is 16.1. The zero-order valence-electron chi connectivity index (χ0n) is 8.68. The van der Waals surface area contributed by atoms with Gasteiger partial charge in [0.2, 0.25) is 0 Å². The highest BCUT2D eigenvalue weighted by Crippen LogP contribution is 2.00. The van der Waals surface area contributed by atoms with Crippen LogP contribution in [0, 0.1) is 5.92 Å². The van der Waals surface area contributed by atoms with Crippen LogP contribution in [0.25, 0.3) is 0 Å². The molecule has 72 valence electrons. The van der Waals surface area contributed by atoms with Crippen LogP contribution in [0.4, 0.5) is 0 Å². The van der Waals surface area contributed by atoms with Gasteiger partial charge >= 0.3 is 0 Å². The van der Waals surface area contributed by atoms with E-state index < -0.39 is 0 Å². The zero-order valence-corrected chi connectivity index (χ0v) is 8.68. The van der Waals surface area contributed by atoms with Crippen molar-refractivity contribution in [2.75, 3.05) is 6.54 Å². The second-order valence-electron chi connectivity index (χ2n) is 3.83. The highest BCUT2D eigenvalue weighted by molar-refractivity contribution is 5.80. The van der Waals surface area contributed by atoms with Crippen molar-refractivity contribution >= 4 is 5.78 Å². The van der Waals surface area contributed by atoms with Crippen molar-refractivity contribution < 1.29 is 4.79 Å². The highest BCUT2D eigenvalue weighted by Gasteiger charge is 2.05. The predicted molar refractivity (Wildman–Crippen MR) is 52.2 cm³/mol. The second-order valence-corrected chi connectivity index (χ2v) is 3.83. The van der Waals surface area contributed by atoms with Crippen LogP contribution < -0.4 is 5.32 Å². The van der Waals surface area contributed by atoms with E-state index in [1.54, 1.807) is 0 Å². The van der Waals surface area contributed by atoms with Gasteiger partial charge in [0.05, 0.1) is 0 Å². The van der Waals surface area contributed by atoms with Gasteiger partial charge in [0.25, 0.3) is 0 Å². The Morgan fingerprint density at radius 2 is 1.83 bits per heavy atom. The molecule has 2 nitrogen and oxygen atoms in total. The molecule has 0 saturated carbocycles. The number of ketones is 1. The first kappa shape index (κ1) is 11.6. The largest absolute Gasteiger partial charge is 0.315 e. The van der Waals surface area contributed by atoms with E-state index in [9.17, 15) is 4.79 Å². The van der Waals surface area contributed by atoms with Gasteiger partial charge in [-0.05, 0) is 13.0 Å². The first-order valence-electron chi connectivity index (χ1n) is 4.80. The monoisotopic (exact) mass is 171 g/mol. The minimum Gasteiger partial charge on any atom is -0.315 e. The van der Waals surface area contributed by atoms with Gasteiger partial charge in [0, 0.05) is 18.4 Å². The number of hydrogen-bond donors (Lipinski definition) is 1. The molecule has 0 aromatic rings. The maximum atomic E-state index is 11.2. The zero-order chi connectivity index (χ0) is 9.56. The van der Waals surface area contributed by atoms with E-state index in [1.807, 2.05) is 13.8 Å². The fourth-order valence-corrected chi connectivity index (χ4v) is 0.942. The van der Waals surface area contributed by atoms with Crippen molar-refractivity contribution in [2.45, 2.75) is 46.6 Å². The van der Waals surface area contributed by atoms with Gasteiger partial charge in [-0.3, -0.25) is 4.79 Å².